The van der Waals surface area contributed by atoms with Gasteiger partial charge in [-0.3, -0.25) is 0 Å². The minimum absolute atomic E-state index is 0.527. The number of hydrogen-bond acceptors (Lipinski definition) is 6. The van der Waals surface area contributed by atoms with Crippen molar-refractivity contribution in [3.63, 3.8) is 0 Å². The third kappa shape index (κ3) is 3.14. The van der Waals surface area contributed by atoms with E-state index in [9.17, 15) is 0 Å². The zero-order valence-corrected chi connectivity index (χ0v) is 11.4. The standard InChI is InChI=1S/C12H17N3O2S/c1-8-6-10(9(2)16-8)12-15-14-11(17-12)7-18-5-3-4-13/h6H,3-5,7,13H2,1-2H3. The van der Waals surface area contributed by atoms with E-state index in [1.807, 2.05) is 19.9 Å². The third-order valence-corrected chi connectivity index (χ3v) is 3.48. The SMILES string of the molecule is Cc1cc(-c2nnc(CSCCCN)o2)c(C)o1. The van der Waals surface area contributed by atoms with Gasteiger partial charge in [-0.25, -0.2) is 0 Å². The van der Waals surface area contributed by atoms with Crippen LogP contribution in [0.4, 0.5) is 0 Å². The van der Waals surface area contributed by atoms with Crippen molar-refractivity contribution >= 4 is 11.8 Å². The topological polar surface area (TPSA) is 78.1 Å². The van der Waals surface area contributed by atoms with Crippen LogP contribution in [0.5, 0.6) is 0 Å². The molecule has 2 heterocycles. The highest BCUT2D eigenvalue weighted by atomic mass is 32.2. The molecule has 2 rings (SSSR count). The molecular weight excluding hydrogens is 250 g/mol. The molecule has 0 saturated carbocycles. The first-order valence-electron chi connectivity index (χ1n) is 5.88. The molecule has 2 aromatic rings. The Kier molecular flexibility index (Phi) is 4.43. The van der Waals surface area contributed by atoms with Gasteiger partial charge in [0.15, 0.2) is 0 Å². The normalized spacial score (nSPS) is 11.1. The molecule has 0 atom stereocenters. The van der Waals surface area contributed by atoms with E-state index in [1.165, 1.54) is 0 Å². The Hall–Kier alpha value is -1.27. The van der Waals surface area contributed by atoms with E-state index in [-0.39, 0.29) is 0 Å². The number of furan rings is 1. The molecule has 0 aliphatic rings. The highest BCUT2D eigenvalue weighted by Crippen LogP contribution is 2.26. The zero-order valence-electron chi connectivity index (χ0n) is 10.6. The van der Waals surface area contributed by atoms with E-state index in [0.29, 0.717) is 11.8 Å². The van der Waals surface area contributed by atoms with Gasteiger partial charge in [0.1, 0.15) is 11.5 Å². The average molecular weight is 267 g/mol. The van der Waals surface area contributed by atoms with Crippen LogP contribution in [-0.2, 0) is 5.75 Å². The van der Waals surface area contributed by atoms with Gasteiger partial charge in [0.05, 0.1) is 11.3 Å². The Morgan fingerprint density at radius 3 is 2.78 bits per heavy atom. The van der Waals surface area contributed by atoms with Crippen LogP contribution in [0.25, 0.3) is 11.5 Å². The number of nitrogens with zero attached hydrogens (tertiary/aromatic N) is 2. The molecule has 0 aromatic carbocycles. The lowest BCUT2D eigenvalue weighted by Gasteiger charge is -1.95. The van der Waals surface area contributed by atoms with Crippen molar-refractivity contribution in [3.8, 4) is 11.5 Å². The number of aryl methyl sites for hydroxylation is 2. The van der Waals surface area contributed by atoms with Crippen LogP contribution in [-0.4, -0.2) is 22.5 Å². The second kappa shape index (κ2) is 6.06. The number of rotatable bonds is 6. The Bertz CT molecular complexity index is 507. The molecule has 18 heavy (non-hydrogen) atoms. The maximum Gasteiger partial charge on any atom is 0.251 e. The van der Waals surface area contributed by atoms with Crippen molar-refractivity contribution in [1.82, 2.24) is 10.2 Å². The van der Waals surface area contributed by atoms with E-state index < -0.39 is 0 Å². The van der Waals surface area contributed by atoms with Crippen LogP contribution in [0.2, 0.25) is 0 Å². The second-order valence-electron chi connectivity index (χ2n) is 4.02. The summed E-state index contributed by atoms with van der Waals surface area (Å²) in [5.74, 6) is 4.56. The molecule has 0 radical (unpaired) electrons. The van der Waals surface area contributed by atoms with E-state index in [1.54, 1.807) is 11.8 Å². The molecule has 0 fully saturated rings. The van der Waals surface area contributed by atoms with Crippen molar-refractivity contribution in [2.24, 2.45) is 5.73 Å². The monoisotopic (exact) mass is 267 g/mol. The van der Waals surface area contributed by atoms with Gasteiger partial charge in [0.25, 0.3) is 5.89 Å². The quantitative estimate of drug-likeness (QED) is 0.810. The lowest BCUT2D eigenvalue weighted by Crippen LogP contribution is -1.99. The van der Waals surface area contributed by atoms with E-state index >= 15 is 0 Å². The smallest absolute Gasteiger partial charge is 0.251 e. The molecule has 6 heteroatoms. The van der Waals surface area contributed by atoms with Gasteiger partial charge >= 0.3 is 0 Å². The highest BCUT2D eigenvalue weighted by Gasteiger charge is 2.14. The summed E-state index contributed by atoms with van der Waals surface area (Å²) in [5, 5.41) is 8.07. The van der Waals surface area contributed by atoms with E-state index in [2.05, 4.69) is 10.2 Å². The Labute approximate surface area is 110 Å². The predicted octanol–water partition coefficient (Wildman–Crippen LogP) is 2.53. The molecule has 0 spiro atoms. The van der Waals surface area contributed by atoms with Crippen LogP contribution in [0, 0.1) is 13.8 Å². The molecule has 2 aromatic heterocycles. The van der Waals surface area contributed by atoms with Crippen LogP contribution in [0.3, 0.4) is 0 Å². The summed E-state index contributed by atoms with van der Waals surface area (Å²) in [6, 6.07) is 1.91. The fraction of sp³-hybridized carbons (Fsp3) is 0.500. The summed E-state index contributed by atoms with van der Waals surface area (Å²) >= 11 is 1.75. The first-order valence-corrected chi connectivity index (χ1v) is 7.03. The first-order chi connectivity index (χ1) is 8.70. The van der Waals surface area contributed by atoms with Crippen molar-refractivity contribution < 1.29 is 8.83 Å². The molecule has 5 nitrogen and oxygen atoms in total. The van der Waals surface area contributed by atoms with Gasteiger partial charge in [-0.1, -0.05) is 0 Å². The Balaban J connectivity index is 1.99. The third-order valence-electron chi connectivity index (χ3n) is 2.46. The largest absolute Gasteiger partial charge is 0.466 e. The average Bonchev–Trinajstić information content (AvgIpc) is 2.91. The maximum absolute atomic E-state index is 5.61. The maximum atomic E-state index is 5.61. The lowest BCUT2D eigenvalue weighted by atomic mass is 10.2. The summed E-state index contributed by atoms with van der Waals surface area (Å²) in [6.45, 7) is 4.51. The lowest BCUT2D eigenvalue weighted by molar-refractivity contribution is 0.499. The number of thioether (sulfide) groups is 1. The van der Waals surface area contributed by atoms with Crippen LogP contribution in [0.1, 0.15) is 23.8 Å². The van der Waals surface area contributed by atoms with Gasteiger partial charge in [0.2, 0.25) is 5.89 Å². The van der Waals surface area contributed by atoms with Gasteiger partial charge in [-0.2, -0.15) is 11.8 Å². The Morgan fingerprint density at radius 1 is 1.28 bits per heavy atom. The van der Waals surface area contributed by atoms with Crippen molar-refractivity contribution in [2.75, 3.05) is 12.3 Å². The van der Waals surface area contributed by atoms with Crippen LogP contribution in [0.15, 0.2) is 14.9 Å². The fourth-order valence-corrected chi connectivity index (χ4v) is 2.42. The molecule has 0 amide bonds. The summed E-state index contributed by atoms with van der Waals surface area (Å²) in [7, 11) is 0. The second-order valence-corrected chi connectivity index (χ2v) is 5.13. The molecule has 98 valence electrons. The first kappa shape index (κ1) is 13.2. The van der Waals surface area contributed by atoms with E-state index in [4.69, 9.17) is 14.6 Å². The summed E-state index contributed by atoms with van der Waals surface area (Å²) in [5.41, 5.74) is 6.31. The zero-order chi connectivity index (χ0) is 13.0. The van der Waals surface area contributed by atoms with Crippen molar-refractivity contribution in [2.45, 2.75) is 26.0 Å². The molecule has 0 bridgehead atoms. The summed E-state index contributed by atoms with van der Waals surface area (Å²) < 4.78 is 11.1. The minimum atomic E-state index is 0.527. The van der Waals surface area contributed by atoms with E-state index in [0.717, 1.165) is 41.6 Å². The molecule has 2 N–H and O–H groups in total. The molecule has 0 aliphatic carbocycles. The number of aromatic nitrogens is 2. The van der Waals surface area contributed by atoms with Crippen molar-refractivity contribution in [1.29, 1.82) is 0 Å². The van der Waals surface area contributed by atoms with Gasteiger partial charge in [-0.05, 0) is 38.6 Å². The molecular formula is C12H17N3O2S. The number of hydrogen-bond donors (Lipinski definition) is 1. The predicted molar refractivity (Wildman–Crippen MR) is 71.3 cm³/mol. The minimum Gasteiger partial charge on any atom is -0.466 e. The van der Waals surface area contributed by atoms with Gasteiger partial charge in [-0.15, -0.1) is 10.2 Å². The van der Waals surface area contributed by atoms with Crippen LogP contribution < -0.4 is 5.73 Å². The van der Waals surface area contributed by atoms with Crippen molar-refractivity contribution in [3.05, 3.63) is 23.5 Å². The molecule has 0 saturated heterocycles. The van der Waals surface area contributed by atoms with Crippen LogP contribution >= 0.6 is 11.8 Å². The van der Waals surface area contributed by atoms with Gasteiger partial charge in [0, 0.05) is 0 Å². The van der Waals surface area contributed by atoms with Gasteiger partial charge < -0.3 is 14.6 Å². The number of nitrogens with two attached hydrogens (primary N) is 1. The molecule has 0 aliphatic heterocycles. The highest BCUT2D eigenvalue weighted by molar-refractivity contribution is 7.98. The summed E-state index contributed by atoms with van der Waals surface area (Å²) in [6.07, 6.45) is 1.01. The molecule has 0 unspecified atom stereocenters. The summed E-state index contributed by atoms with van der Waals surface area (Å²) in [4.78, 5) is 0. The Morgan fingerprint density at radius 2 is 2.11 bits per heavy atom. The fourth-order valence-electron chi connectivity index (χ4n) is 1.61.